The van der Waals surface area contributed by atoms with Gasteiger partial charge in [-0.25, -0.2) is 4.79 Å². The summed E-state index contributed by atoms with van der Waals surface area (Å²) in [6, 6.07) is 1.79. The largest absolute Gasteiger partial charge is 0.462 e. The first kappa shape index (κ1) is 11.5. The maximum Gasteiger partial charge on any atom is 0.339 e. The SMILES string of the molecule is C=CCc1sc(Br)cc1C(=O)OCC. The molecule has 0 bridgehead atoms. The lowest BCUT2D eigenvalue weighted by Gasteiger charge is -2.00. The molecule has 0 aromatic carbocycles. The lowest BCUT2D eigenvalue weighted by molar-refractivity contribution is 0.0526. The van der Waals surface area contributed by atoms with Crippen molar-refractivity contribution < 1.29 is 9.53 Å². The third-order valence-corrected chi connectivity index (χ3v) is 3.26. The second kappa shape index (κ2) is 5.32. The molecule has 0 atom stereocenters. The van der Waals surface area contributed by atoms with E-state index in [1.54, 1.807) is 19.1 Å². The third kappa shape index (κ3) is 2.69. The topological polar surface area (TPSA) is 26.3 Å². The van der Waals surface area contributed by atoms with Crippen LogP contribution in [0.3, 0.4) is 0 Å². The van der Waals surface area contributed by atoms with Crippen LogP contribution in [0.15, 0.2) is 22.5 Å². The minimum absolute atomic E-state index is 0.258. The van der Waals surface area contributed by atoms with Crippen LogP contribution in [0, 0.1) is 0 Å². The van der Waals surface area contributed by atoms with Gasteiger partial charge in [0, 0.05) is 11.3 Å². The number of carbonyl (C=O) groups excluding carboxylic acids is 1. The van der Waals surface area contributed by atoms with E-state index < -0.39 is 0 Å². The lowest BCUT2D eigenvalue weighted by atomic mass is 10.2. The van der Waals surface area contributed by atoms with Gasteiger partial charge in [0.2, 0.25) is 0 Å². The second-order valence-electron chi connectivity index (χ2n) is 2.60. The number of hydrogen-bond donors (Lipinski definition) is 0. The molecule has 0 unspecified atom stereocenters. The van der Waals surface area contributed by atoms with Crippen molar-refractivity contribution in [3.8, 4) is 0 Å². The smallest absolute Gasteiger partial charge is 0.339 e. The van der Waals surface area contributed by atoms with Gasteiger partial charge in [0.1, 0.15) is 0 Å². The van der Waals surface area contributed by atoms with E-state index in [-0.39, 0.29) is 5.97 Å². The van der Waals surface area contributed by atoms with Crippen molar-refractivity contribution >= 4 is 33.2 Å². The number of rotatable bonds is 4. The van der Waals surface area contributed by atoms with Crippen LogP contribution < -0.4 is 0 Å². The van der Waals surface area contributed by atoms with Crippen molar-refractivity contribution in [3.63, 3.8) is 0 Å². The van der Waals surface area contributed by atoms with Crippen LogP contribution in [0.1, 0.15) is 22.2 Å². The van der Waals surface area contributed by atoms with E-state index in [4.69, 9.17) is 4.74 Å². The molecule has 1 aromatic rings. The van der Waals surface area contributed by atoms with Crippen LogP contribution in [0.2, 0.25) is 0 Å². The standard InChI is InChI=1S/C10H11BrO2S/c1-3-5-8-7(6-9(11)14-8)10(12)13-4-2/h3,6H,1,4-5H2,2H3. The molecule has 0 spiro atoms. The number of ether oxygens (including phenoxy) is 1. The highest BCUT2D eigenvalue weighted by atomic mass is 79.9. The summed E-state index contributed by atoms with van der Waals surface area (Å²) in [5, 5.41) is 0. The number of hydrogen-bond acceptors (Lipinski definition) is 3. The summed E-state index contributed by atoms with van der Waals surface area (Å²) in [4.78, 5) is 12.5. The molecule has 0 fully saturated rings. The molecule has 1 aromatic heterocycles. The van der Waals surface area contributed by atoms with E-state index in [2.05, 4.69) is 22.5 Å². The second-order valence-corrected chi connectivity index (χ2v) is 5.12. The van der Waals surface area contributed by atoms with Crippen LogP contribution in [0.25, 0.3) is 0 Å². The summed E-state index contributed by atoms with van der Waals surface area (Å²) in [5.41, 5.74) is 0.642. The Balaban J connectivity index is 2.93. The molecule has 1 rings (SSSR count). The van der Waals surface area contributed by atoms with E-state index >= 15 is 0 Å². The van der Waals surface area contributed by atoms with Crippen molar-refractivity contribution in [1.82, 2.24) is 0 Å². The average Bonchev–Trinajstić information content (AvgIpc) is 2.48. The summed E-state index contributed by atoms with van der Waals surface area (Å²) < 4.78 is 5.88. The Morgan fingerprint density at radius 2 is 2.50 bits per heavy atom. The van der Waals surface area contributed by atoms with Gasteiger partial charge in [0.05, 0.1) is 16.0 Å². The average molecular weight is 275 g/mol. The molecule has 2 nitrogen and oxygen atoms in total. The van der Waals surface area contributed by atoms with Gasteiger partial charge in [-0.1, -0.05) is 6.08 Å². The Morgan fingerprint density at radius 1 is 1.79 bits per heavy atom. The number of thiophene rings is 1. The van der Waals surface area contributed by atoms with Crippen LogP contribution in [0.5, 0.6) is 0 Å². The predicted molar refractivity (Wildman–Crippen MR) is 61.9 cm³/mol. The lowest BCUT2D eigenvalue weighted by Crippen LogP contribution is -2.05. The highest BCUT2D eigenvalue weighted by molar-refractivity contribution is 9.11. The molecule has 76 valence electrons. The van der Waals surface area contributed by atoms with Crippen LogP contribution in [-0.2, 0) is 11.2 Å². The van der Waals surface area contributed by atoms with Gasteiger partial charge in [-0.2, -0.15) is 0 Å². The number of carbonyl (C=O) groups is 1. The van der Waals surface area contributed by atoms with Gasteiger partial charge in [0.25, 0.3) is 0 Å². The molecule has 4 heteroatoms. The molecule has 0 amide bonds. The van der Waals surface area contributed by atoms with Crippen molar-refractivity contribution in [1.29, 1.82) is 0 Å². The van der Waals surface area contributed by atoms with Crippen molar-refractivity contribution in [2.45, 2.75) is 13.3 Å². The molecule has 0 N–H and O–H groups in total. The van der Waals surface area contributed by atoms with Gasteiger partial charge in [-0.05, 0) is 28.9 Å². The van der Waals surface area contributed by atoms with E-state index in [9.17, 15) is 4.79 Å². The summed E-state index contributed by atoms with van der Waals surface area (Å²) in [6.07, 6.45) is 2.48. The van der Waals surface area contributed by atoms with Gasteiger partial charge < -0.3 is 4.74 Å². The Hall–Kier alpha value is -0.610. The minimum Gasteiger partial charge on any atom is -0.462 e. The molecule has 0 aliphatic rings. The van der Waals surface area contributed by atoms with Gasteiger partial charge >= 0.3 is 5.97 Å². The van der Waals surface area contributed by atoms with Gasteiger partial charge in [-0.3, -0.25) is 0 Å². The number of halogens is 1. The zero-order chi connectivity index (χ0) is 10.6. The van der Waals surface area contributed by atoms with Crippen molar-refractivity contribution in [2.75, 3.05) is 6.61 Å². The maximum atomic E-state index is 11.5. The normalized spacial score (nSPS) is 9.86. The number of allylic oxidation sites excluding steroid dienone is 1. The summed E-state index contributed by atoms with van der Waals surface area (Å²) >= 11 is 4.89. The Kier molecular flexibility index (Phi) is 4.35. The van der Waals surface area contributed by atoms with E-state index in [1.165, 1.54) is 11.3 Å². The predicted octanol–water partition coefficient (Wildman–Crippen LogP) is 3.42. The summed E-state index contributed by atoms with van der Waals surface area (Å²) in [7, 11) is 0. The Bertz CT molecular complexity index is 344. The fourth-order valence-electron chi connectivity index (χ4n) is 1.06. The zero-order valence-electron chi connectivity index (χ0n) is 7.88. The molecular formula is C10H11BrO2S. The van der Waals surface area contributed by atoms with Gasteiger partial charge in [-0.15, -0.1) is 17.9 Å². The first-order valence-electron chi connectivity index (χ1n) is 4.25. The molecule has 0 saturated carbocycles. The molecule has 1 heterocycles. The van der Waals surface area contributed by atoms with Crippen LogP contribution in [0.4, 0.5) is 0 Å². The summed E-state index contributed by atoms with van der Waals surface area (Å²) in [6.45, 7) is 5.85. The highest BCUT2D eigenvalue weighted by Gasteiger charge is 2.14. The van der Waals surface area contributed by atoms with Crippen molar-refractivity contribution in [3.05, 3.63) is 32.9 Å². The third-order valence-electron chi connectivity index (χ3n) is 1.60. The Labute approximate surface area is 95.7 Å². The van der Waals surface area contributed by atoms with Crippen LogP contribution >= 0.6 is 27.3 Å². The first-order valence-corrected chi connectivity index (χ1v) is 5.86. The van der Waals surface area contributed by atoms with Crippen LogP contribution in [-0.4, -0.2) is 12.6 Å². The molecule has 0 aliphatic carbocycles. The Morgan fingerprint density at radius 3 is 3.07 bits per heavy atom. The monoisotopic (exact) mass is 274 g/mol. The zero-order valence-corrected chi connectivity index (χ0v) is 10.3. The minimum atomic E-state index is -0.258. The highest BCUT2D eigenvalue weighted by Crippen LogP contribution is 2.28. The fourth-order valence-corrected chi connectivity index (χ4v) is 2.74. The molecular weight excluding hydrogens is 264 g/mol. The first-order chi connectivity index (χ1) is 6.69. The summed E-state index contributed by atoms with van der Waals surface area (Å²) in [5.74, 6) is -0.258. The number of esters is 1. The van der Waals surface area contributed by atoms with Crippen molar-refractivity contribution in [2.24, 2.45) is 0 Å². The molecule has 0 aliphatic heterocycles. The molecule has 0 saturated heterocycles. The molecule has 0 radical (unpaired) electrons. The molecule has 14 heavy (non-hydrogen) atoms. The quantitative estimate of drug-likeness (QED) is 0.621. The fraction of sp³-hybridized carbons (Fsp3) is 0.300. The van der Waals surface area contributed by atoms with Gasteiger partial charge in [0.15, 0.2) is 0 Å². The maximum absolute atomic E-state index is 11.5. The van der Waals surface area contributed by atoms with E-state index in [0.717, 1.165) is 8.66 Å². The van der Waals surface area contributed by atoms with E-state index in [1.807, 2.05) is 0 Å². The van der Waals surface area contributed by atoms with E-state index in [0.29, 0.717) is 18.6 Å².